The zero-order chi connectivity index (χ0) is 18.0. The van der Waals surface area contributed by atoms with Crippen LogP contribution in [0.2, 0.25) is 0 Å². The third-order valence-electron chi connectivity index (χ3n) is 4.41. The number of ether oxygens (including phenoxy) is 1. The molecule has 5 heteroatoms. The highest BCUT2D eigenvalue weighted by Gasteiger charge is 2.29. The Balaban J connectivity index is 1.69. The van der Waals surface area contributed by atoms with Gasteiger partial charge in [-0.3, -0.25) is 9.59 Å². The van der Waals surface area contributed by atoms with Gasteiger partial charge in [0.2, 0.25) is 5.91 Å². The molecule has 0 radical (unpaired) electrons. The molecule has 1 aliphatic rings. The van der Waals surface area contributed by atoms with E-state index < -0.39 is 6.10 Å². The van der Waals surface area contributed by atoms with Crippen LogP contribution >= 0.6 is 0 Å². The minimum Gasteiger partial charge on any atom is -0.479 e. The molecule has 0 saturated heterocycles. The summed E-state index contributed by atoms with van der Waals surface area (Å²) in [5, 5.41) is 3.00. The highest BCUT2D eigenvalue weighted by atomic mass is 16.5. The quantitative estimate of drug-likeness (QED) is 0.932. The molecule has 0 aromatic heterocycles. The van der Waals surface area contributed by atoms with Crippen molar-refractivity contribution in [3.05, 3.63) is 59.7 Å². The van der Waals surface area contributed by atoms with Gasteiger partial charge >= 0.3 is 0 Å². The molecule has 2 unspecified atom stereocenters. The number of likely N-dealkylation sites (N-methyl/N-ethyl adjacent to an activating group) is 1. The largest absolute Gasteiger partial charge is 0.479 e. The molecule has 1 heterocycles. The molecule has 5 nitrogen and oxygen atoms in total. The number of rotatable bonds is 4. The molecule has 2 aromatic rings. The number of hydrogen-bond donors (Lipinski definition) is 1. The molecular formula is C20H22N2O3. The standard InChI is InChI=1S/C20H22N2O3/c1-13(16-7-5-4-6-8-16)21-19(23)12-15-9-10-18-17(11-15)22(3)20(24)14(2)25-18/h4-11,13-14H,12H2,1-3H3,(H,21,23). The second kappa shape index (κ2) is 6.97. The van der Waals surface area contributed by atoms with Gasteiger partial charge in [0.05, 0.1) is 18.2 Å². The number of carbonyl (C=O) groups excluding carboxylic acids is 2. The van der Waals surface area contributed by atoms with Crippen molar-refractivity contribution in [2.24, 2.45) is 0 Å². The molecule has 2 amide bonds. The minimum atomic E-state index is -0.488. The monoisotopic (exact) mass is 338 g/mol. The summed E-state index contributed by atoms with van der Waals surface area (Å²) in [6.07, 6.45) is -0.236. The van der Waals surface area contributed by atoms with Gasteiger partial charge in [-0.2, -0.15) is 0 Å². The van der Waals surface area contributed by atoms with E-state index in [0.29, 0.717) is 11.4 Å². The summed E-state index contributed by atoms with van der Waals surface area (Å²) in [5.41, 5.74) is 2.60. The van der Waals surface area contributed by atoms with Gasteiger partial charge < -0.3 is 15.0 Å². The number of nitrogens with zero attached hydrogens (tertiary/aromatic N) is 1. The number of benzene rings is 2. The lowest BCUT2D eigenvalue weighted by Crippen LogP contribution is -2.42. The fourth-order valence-corrected chi connectivity index (χ4v) is 2.97. The van der Waals surface area contributed by atoms with Crippen LogP contribution in [0.5, 0.6) is 5.75 Å². The van der Waals surface area contributed by atoms with Crippen LogP contribution in [0.15, 0.2) is 48.5 Å². The first kappa shape index (κ1) is 17.0. The van der Waals surface area contributed by atoms with E-state index in [2.05, 4.69) is 5.32 Å². The van der Waals surface area contributed by atoms with Gasteiger partial charge in [-0.05, 0) is 37.1 Å². The van der Waals surface area contributed by atoms with Crippen LogP contribution in [-0.4, -0.2) is 25.0 Å². The van der Waals surface area contributed by atoms with Crippen LogP contribution < -0.4 is 15.0 Å². The lowest BCUT2D eigenvalue weighted by Gasteiger charge is -2.30. The fraction of sp³-hybridized carbons (Fsp3) is 0.300. The van der Waals surface area contributed by atoms with Gasteiger partial charge in [-0.15, -0.1) is 0 Å². The van der Waals surface area contributed by atoms with Gasteiger partial charge in [0.25, 0.3) is 5.91 Å². The Hall–Kier alpha value is -2.82. The van der Waals surface area contributed by atoms with Gasteiger partial charge in [-0.25, -0.2) is 0 Å². The third kappa shape index (κ3) is 3.65. The van der Waals surface area contributed by atoms with E-state index in [4.69, 9.17) is 4.74 Å². The van der Waals surface area contributed by atoms with Crippen molar-refractivity contribution in [3.63, 3.8) is 0 Å². The van der Waals surface area contributed by atoms with E-state index >= 15 is 0 Å². The van der Waals surface area contributed by atoms with Crippen LogP contribution in [0.3, 0.4) is 0 Å². The van der Waals surface area contributed by atoms with E-state index in [-0.39, 0.29) is 24.3 Å². The number of hydrogen-bond acceptors (Lipinski definition) is 3. The number of nitrogens with one attached hydrogen (secondary N) is 1. The topological polar surface area (TPSA) is 58.6 Å². The van der Waals surface area contributed by atoms with Crippen LogP contribution in [0, 0.1) is 0 Å². The van der Waals surface area contributed by atoms with Crippen molar-refractivity contribution in [1.82, 2.24) is 5.32 Å². The normalized spacial score (nSPS) is 17.5. The van der Waals surface area contributed by atoms with Crippen LogP contribution in [0.4, 0.5) is 5.69 Å². The molecule has 0 saturated carbocycles. The van der Waals surface area contributed by atoms with Crippen LogP contribution in [0.1, 0.15) is 31.0 Å². The summed E-state index contributed by atoms with van der Waals surface area (Å²) in [6.45, 7) is 3.69. The van der Waals surface area contributed by atoms with Crippen molar-refractivity contribution in [3.8, 4) is 5.75 Å². The van der Waals surface area contributed by atoms with Gasteiger partial charge in [0.1, 0.15) is 5.75 Å². The zero-order valence-corrected chi connectivity index (χ0v) is 14.7. The second-order valence-electron chi connectivity index (χ2n) is 6.34. The molecule has 2 aromatic carbocycles. The molecule has 0 fully saturated rings. The Morgan fingerprint density at radius 1 is 1.24 bits per heavy atom. The van der Waals surface area contributed by atoms with E-state index in [1.807, 2.05) is 55.5 Å². The maximum atomic E-state index is 12.3. The average molecular weight is 338 g/mol. The Bertz CT molecular complexity index is 789. The Morgan fingerprint density at radius 3 is 2.68 bits per heavy atom. The molecule has 1 N–H and O–H groups in total. The van der Waals surface area contributed by atoms with Crippen molar-refractivity contribution < 1.29 is 14.3 Å². The summed E-state index contributed by atoms with van der Waals surface area (Å²) in [5.74, 6) is 0.513. The smallest absolute Gasteiger partial charge is 0.267 e. The molecule has 2 atom stereocenters. The minimum absolute atomic E-state index is 0.0558. The van der Waals surface area contributed by atoms with Crippen molar-refractivity contribution >= 4 is 17.5 Å². The highest BCUT2D eigenvalue weighted by Crippen LogP contribution is 2.34. The predicted molar refractivity (Wildman–Crippen MR) is 96.6 cm³/mol. The molecule has 130 valence electrons. The number of fused-ring (bicyclic) bond motifs is 1. The van der Waals surface area contributed by atoms with E-state index in [0.717, 1.165) is 11.1 Å². The SMILES string of the molecule is CC1Oc2ccc(CC(=O)NC(C)c3ccccc3)cc2N(C)C1=O. The van der Waals surface area contributed by atoms with Gasteiger partial charge in [0, 0.05) is 7.05 Å². The number of carbonyl (C=O) groups is 2. The Labute approximate surface area is 147 Å². The lowest BCUT2D eigenvalue weighted by molar-refractivity contribution is -0.125. The molecule has 3 rings (SSSR count). The maximum Gasteiger partial charge on any atom is 0.267 e. The molecule has 25 heavy (non-hydrogen) atoms. The van der Waals surface area contributed by atoms with Crippen LogP contribution in [-0.2, 0) is 16.0 Å². The molecule has 0 bridgehead atoms. The molecule has 1 aliphatic heterocycles. The number of anilines is 1. The van der Waals surface area contributed by atoms with E-state index in [9.17, 15) is 9.59 Å². The first-order chi connectivity index (χ1) is 12.0. The summed E-state index contributed by atoms with van der Waals surface area (Å²) in [4.78, 5) is 26.0. The first-order valence-corrected chi connectivity index (χ1v) is 8.37. The number of amides is 2. The molecule has 0 aliphatic carbocycles. The Kier molecular flexibility index (Phi) is 4.74. The predicted octanol–water partition coefficient (Wildman–Crippen LogP) is 2.85. The summed E-state index contributed by atoms with van der Waals surface area (Å²) in [7, 11) is 1.72. The van der Waals surface area contributed by atoms with Crippen LogP contribution in [0.25, 0.3) is 0 Å². The summed E-state index contributed by atoms with van der Waals surface area (Å²) < 4.78 is 5.61. The van der Waals surface area contributed by atoms with Crippen molar-refractivity contribution in [1.29, 1.82) is 0 Å². The highest BCUT2D eigenvalue weighted by molar-refractivity contribution is 5.99. The third-order valence-corrected chi connectivity index (χ3v) is 4.41. The first-order valence-electron chi connectivity index (χ1n) is 8.37. The van der Waals surface area contributed by atoms with Crippen molar-refractivity contribution in [2.45, 2.75) is 32.4 Å². The van der Waals surface area contributed by atoms with E-state index in [1.54, 1.807) is 18.9 Å². The molecule has 0 spiro atoms. The zero-order valence-electron chi connectivity index (χ0n) is 14.7. The maximum absolute atomic E-state index is 12.3. The average Bonchev–Trinajstić information content (AvgIpc) is 2.61. The second-order valence-corrected chi connectivity index (χ2v) is 6.34. The van der Waals surface area contributed by atoms with Crippen molar-refractivity contribution in [2.75, 3.05) is 11.9 Å². The Morgan fingerprint density at radius 2 is 1.96 bits per heavy atom. The van der Waals surface area contributed by atoms with Gasteiger partial charge in [-0.1, -0.05) is 36.4 Å². The molecular weight excluding hydrogens is 316 g/mol. The lowest BCUT2D eigenvalue weighted by atomic mass is 10.1. The van der Waals surface area contributed by atoms with Gasteiger partial charge in [0.15, 0.2) is 6.10 Å². The summed E-state index contributed by atoms with van der Waals surface area (Å²) >= 11 is 0. The summed E-state index contributed by atoms with van der Waals surface area (Å²) in [6, 6.07) is 15.3. The van der Waals surface area contributed by atoms with E-state index in [1.165, 1.54) is 0 Å². The fourth-order valence-electron chi connectivity index (χ4n) is 2.97.